The Morgan fingerprint density at radius 1 is 1.31 bits per heavy atom. The van der Waals surface area contributed by atoms with E-state index in [0.717, 1.165) is 32.5 Å². The molecule has 4 heteroatoms. The number of hydrogen-bond donors (Lipinski definition) is 0. The monoisotopic (exact) mass is 231 g/mol. The van der Waals surface area contributed by atoms with Crippen molar-refractivity contribution in [2.75, 3.05) is 0 Å². The molecule has 0 aliphatic carbocycles. The lowest BCUT2D eigenvalue weighted by Gasteiger charge is -2.11. The Balaban J connectivity index is 2.63. The van der Waals surface area contributed by atoms with E-state index >= 15 is 0 Å². The summed E-state index contributed by atoms with van der Waals surface area (Å²) >= 11 is 6.25. The zero-order valence-electron chi connectivity index (χ0n) is 9.03. The Bertz CT molecular complexity index is 700. The fraction of sp³-hybridized carbons (Fsp3) is 0.167. The summed E-state index contributed by atoms with van der Waals surface area (Å²) in [6, 6.07) is 6.12. The molecule has 0 N–H and O–H groups in total. The zero-order valence-corrected chi connectivity index (χ0v) is 9.78. The molecule has 0 fully saturated rings. The van der Waals surface area contributed by atoms with Crippen LogP contribution in [0.1, 0.15) is 5.56 Å². The van der Waals surface area contributed by atoms with Crippen LogP contribution in [0.15, 0.2) is 24.4 Å². The van der Waals surface area contributed by atoms with Crippen molar-refractivity contribution in [2.24, 2.45) is 7.05 Å². The summed E-state index contributed by atoms with van der Waals surface area (Å²) in [5.41, 5.74) is 3.06. The molecule has 0 aliphatic heterocycles. The standard InChI is InChI=1S/C12H10ClN3/c1-7-5-8-3-4-10-9(6-14-15-10)11(8)16(2)12(7)13/h3-6H,1-2H3. The van der Waals surface area contributed by atoms with Crippen molar-refractivity contribution in [1.82, 2.24) is 14.8 Å². The van der Waals surface area contributed by atoms with Crippen LogP contribution in [0.2, 0.25) is 5.15 Å². The number of hydrogen-bond acceptors (Lipinski definition) is 2. The Kier molecular flexibility index (Phi) is 1.91. The van der Waals surface area contributed by atoms with Gasteiger partial charge in [-0.2, -0.15) is 10.2 Å². The van der Waals surface area contributed by atoms with E-state index in [-0.39, 0.29) is 0 Å². The number of nitrogens with zero attached hydrogens (tertiary/aromatic N) is 3. The lowest BCUT2D eigenvalue weighted by molar-refractivity contribution is 0.948. The van der Waals surface area contributed by atoms with Crippen LogP contribution in [0.4, 0.5) is 0 Å². The third-order valence-corrected chi connectivity index (χ3v) is 3.46. The van der Waals surface area contributed by atoms with Gasteiger partial charge < -0.3 is 4.57 Å². The van der Waals surface area contributed by atoms with Gasteiger partial charge in [0.15, 0.2) is 0 Å². The van der Waals surface area contributed by atoms with Gasteiger partial charge in [0.05, 0.1) is 17.2 Å². The van der Waals surface area contributed by atoms with E-state index in [2.05, 4.69) is 22.3 Å². The molecular formula is C12H10ClN3. The average Bonchev–Trinajstić information content (AvgIpc) is 2.73. The van der Waals surface area contributed by atoms with Crippen molar-refractivity contribution in [3.8, 4) is 0 Å². The van der Waals surface area contributed by atoms with Crippen molar-refractivity contribution in [2.45, 2.75) is 6.92 Å². The molecule has 3 rings (SSSR count). The normalized spacial score (nSPS) is 11.4. The van der Waals surface area contributed by atoms with Crippen LogP contribution in [0.5, 0.6) is 0 Å². The second kappa shape index (κ2) is 3.19. The van der Waals surface area contributed by atoms with E-state index in [1.807, 2.05) is 24.6 Å². The van der Waals surface area contributed by atoms with Gasteiger partial charge in [-0.3, -0.25) is 0 Å². The van der Waals surface area contributed by atoms with Gasteiger partial charge in [-0.05, 0) is 30.0 Å². The molecule has 0 atom stereocenters. The number of aryl methyl sites for hydroxylation is 2. The highest BCUT2D eigenvalue weighted by atomic mass is 35.5. The first-order valence-corrected chi connectivity index (χ1v) is 5.42. The largest absolute Gasteiger partial charge is 0.334 e. The first-order chi connectivity index (χ1) is 7.68. The van der Waals surface area contributed by atoms with E-state index in [9.17, 15) is 0 Å². The van der Waals surface area contributed by atoms with E-state index in [1.165, 1.54) is 0 Å². The molecule has 0 saturated heterocycles. The summed E-state index contributed by atoms with van der Waals surface area (Å²) in [5, 5.41) is 10.9. The highest BCUT2D eigenvalue weighted by molar-refractivity contribution is 6.31. The third-order valence-electron chi connectivity index (χ3n) is 2.90. The van der Waals surface area contributed by atoms with Crippen LogP contribution >= 0.6 is 11.6 Å². The maximum Gasteiger partial charge on any atom is 0.112 e. The summed E-state index contributed by atoms with van der Waals surface area (Å²) < 4.78 is 1.98. The molecule has 16 heavy (non-hydrogen) atoms. The molecule has 0 bridgehead atoms. The Morgan fingerprint density at radius 2 is 2.12 bits per heavy atom. The molecular weight excluding hydrogens is 222 g/mol. The average molecular weight is 232 g/mol. The predicted molar refractivity (Wildman–Crippen MR) is 65.8 cm³/mol. The lowest BCUT2D eigenvalue weighted by Crippen LogP contribution is -1.97. The fourth-order valence-corrected chi connectivity index (χ4v) is 2.26. The van der Waals surface area contributed by atoms with Gasteiger partial charge in [-0.1, -0.05) is 17.7 Å². The minimum Gasteiger partial charge on any atom is -0.334 e. The lowest BCUT2D eigenvalue weighted by atomic mass is 10.1. The van der Waals surface area contributed by atoms with Crippen LogP contribution in [-0.2, 0) is 7.05 Å². The molecule has 0 radical (unpaired) electrons. The Hall–Kier alpha value is -1.61. The van der Waals surface area contributed by atoms with Gasteiger partial charge in [-0.15, -0.1) is 0 Å². The van der Waals surface area contributed by atoms with E-state index in [1.54, 1.807) is 6.20 Å². The number of benzene rings is 1. The molecule has 3 aromatic rings. The van der Waals surface area contributed by atoms with Gasteiger partial charge in [0, 0.05) is 12.4 Å². The fourth-order valence-electron chi connectivity index (χ4n) is 2.12. The van der Waals surface area contributed by atoms with Crippen LogP contribution in [-0.4, -0.2) is 14.8 Å². The number of halogens is 1. The van der Waals surface area contributed by atoms with Crippen molar-refractivity contribution >= 4 is 33.4 Å². The van der Waals surface area contributed by atoms with E-state index < -0.39 is 0 Å². The smallest absolute Gasteiger partial charge is 0.112 e. The van der Waals surface area contributed by atoms with Gasteiger partial charge in [-0.25, -0.2) is 0 Å². The molecule has 0 unspecified atom stereocenters. The first-order valence-electron chi connectivity index (χ1n) is 5.04. The zero-order chi connectivity index (χ0) is 11.3. The molecule has 1 aromatic carbocycles. The summed E-state index contributed by atoms with van der Waals surface area (Å²) in [5.74, 6) is 0. The second-order valence-electron chi connectivity index (χ2n) is 3.96. The maximum atomic E-state index is 6.25. The van der Waals surface area contributed by atoms with Crippen LogP contribution in [0, 0.1) is 6.92 Å². The van der Waals surface area contributed by atoms with Crippen LogP contribution in [0.25, 0.3) is 21.8 Å². The van der Waals surface area contributed by atoms with Gasteiger partial charge in [0.25, 0.3) is 0 Å². The van der Waals surface area contributed by atoms with Crippen LogP contribution < -0.4 is 0 Å². The third kappa shape index (κ3) is 1.15. The molecule has 80 valence electrons. The quantitative estimate of drug-likeness (QED) is 0.557. The Morgan fingerprint density at radius 3 is 2.94 bits per heavy atom. The number of aromatic nitrogens is 3. The summed E-state index contributed by atoms with van der Waals surface area (Å²) in [6.45, 7) is 2.01. The van der Waals surface area contributed by atoms with Crippen molar-refractivity contribution in [1.29, 1.82) is 0 Å². The summed E-state index contributed by atoms with van der Waals surface area (Å²) in [4.78, 5) is 0. The van der Waals surface area contributed by atoms with Gasteiger partial charge >= 0.3 is 0 Å². The minimum atomic E-state index is 0.751. The highest BCUT2D eigenvalue weighted by Crippen LogP contribution is 2.28. The Labute approximate surface area is 97.7 Å². The highest BCUT2D eigenvalue weighted by Gasteiger charge is 2.09. The molecule has 2 heterocycles. The predicted octanol–water partition coefficient (Wildman–Crippen LogP) is 3.08. The second-order valence-corrected chi connectivity index (χ2v) is 4.32. The van der Waals surface area contributed by atoms with Gasteiger partial charge in [0.1, 0.15) is 5.15 Å². The van der Waals surface area contributed by atoms with Crippen molar-refractivity contribution in [3.05, 3.63) is 35.1 Å². The summed E-state index contributed by atoms with van der Waals surface area (Å²) in [7, 11) is 1.96. The minimum absolute atomic E-state index is 0.751. The molecule has 3 nitrogen and oxygen atoms in total. The van der Waals surface area contributed by atoms with Crippen LogP contribution in [0.3, 0.4) is 0 Å². The van der Waals surface area contributed by atoms with E-state index in [4.69, 9.17) is 11.6 Å². The number of fused-ring (bicyclic) bond motifs is 3. The van der Waals surface area contributed by atoms with Crippen molar-refractivity contribution < 1.29 is 0 Å². The maximum absolute atomic E-state index is 6.25. The first kappa shape index (κ1) is 9.60. The molecule has 0 saturated carbocycles. The molecule has 2 aromatic heterocycles. The van der Waals surface area contributed by atoms with E-state index in [0.29, 0.717) is 0 Å². The molecule has 0 spiro atoms. The van der Waals surface area contributed by atoms with Crippen molar-refractivity contribution in [3.63, 3.8) is 0 Å². The number of rotatable bonds is 0. The number of pyridine rings is 1. The topological polar surface area (TPSA) is 30.7 Å². The SMILES string of the molecule is Cc1cc2ccc3nncc3c2n(C)c1Cl. The molecule has 0 aliphatic rings. The molecule has 0 amide bonds. The summed E-state index contributed by atoms with van der Waals surface area (Å²) in [6.07, 6.45) is 1.78. The van der Waals surface area contributed by atoms with Gasteiger partial charge in [0.2, 0.25) is 0 Å².